The summed E-state index contributed by atoms with van der Waals surface area (Å²) in [5.74, 6) is 1.55. The fraction of sp³-hybridized carbons (Fsp3) is 0.292. The number of likely N-dealkylation sites (tertiary alicyclic amines) is 1. The molecule has 1 aromatic heterocycles. The number of allylic oxidation sites excluding steroid dienone is 1. The van der Waals surface area contributed by atoms with E-state index in [-0.39, 0.29) is 11.2 Å². The van der Waals surface area contributed by atoms with Crippen LogP contribution in [0.2, 0.25) is 0 Å². The molecule has 0 N–H and O–H groups in total. The Morgan fingerprint density at radius 3 is 2.55 bits per heavy atom. The van der Waals surface area contributed by atoms with Crippen LogP contribution in [0.4, 0.5) is 0 Å². The fourth-order valence-corrected chi connectivity index (χ4v) is 4.93. The molecule has 0 aliphatic carbocycles. The van der Waals surface area contributed by atoms with Gasteiger partial charge in [-0.05, 0) is 30.5 Å². The molecule has 31 heavy (non-hydrogen) atoms. The number of para-hydroxylation sites is 1. The monoisotopic (exact) mass is 434 g/mol. The predicted molar refractivity (Wildman–Crippen MR) is 123 cm³/mol. The normalized spacial score (nSPS) is 14.4. The van der Waals surface area contributed by atoms with Crippen molar-refractivity contribution in [1.29, 1.82) is 0 Å². The Hall–Kier alpha value is -3.06. The molecule has 0 spiro atoms. The second-order valence-electron chi connectivity index (χ2n) is 7.35. The highest BCUT2D eigenvalue weighted by Crippen LogP contribution is 2.39. The second-order valence-corrected chi connectivity index (χ2v) is 8.42. The molecule has 0 radical (unpaired) electrons. The van der Waals surface area contributed by atoms with Crippen molar-refractivity contribution in [3.8, 4) is 17.1 Å². The van der Waals surface area contributed by atoms with E-state index in [1.54, 1.807) is 7.11 Å². The molecule has 1 fully saturated rings. The molecule has 3 aromatic rings. The third kappa shape index (κ3) is 4.51. The highest BCUT2D eigenvalue weighted by molar-refractivity contribution is 8.00. The summed E-state index contributed by atoms with van der Waals surface area (Å²) in [4.78, 5) is 15.4. The molecular weight excluding hydrogens is 408 g/mol. The minimum atomic E-state index is -0.377. The smallest absolute Gasteiger partial charge is 0.240 e. The van der Waals surface area contributed by atoms with Gasteiger partial charge in [-0.25, -0.2) is 0 Å². The van der Waals surface area contributed by atoms with Crippen LogP contribution in [0.15, 0.2) is 72.4 Å². The van der Waals surface area contributed by atoms with Crippen LogP contribution in [0.5, 0.6) is 5.75 Å². The lowest BCUT2D eigenvalue weighted by atomic mass is 10.1. The minimum Gasteiger partial charge on any atom is -0.496 e. The number of rotatable bonds is 8. The number of aromatic nitrogens is 3. The lowest BCUT2D eigenvalue weighted by molar-refractivity contribution is -0.129. The summed E-state index contributed by atoms with van der Waals surface area (Å²) >= 11 is 1.44. The minimum absolute atomic E-state index is 0.126. The van der Waals surface area contributed by atoms with Gasteiger partial charge in [0.1, 0.15) is 11.0 Å². The van der Waals surface area contributed by atoms with Gasteiger partial charge in [-0.1, -0.05) is 60.3 Å². The van der Waals surface area contributed by atoms with Crippen LogP contribution in [0.25, 0.3) is 11.4 Å². The third-order valence-electron chi connectivity index (χ3n) is 5.34. The lowest BCUT2D eigenvalue weighted by Gasteiger charge is -2.23. The first kappa shape index (κ1) is 21.2. The number of nitrogens with zero attached hydrogens (tertiary/aromatic N) is 4. The zero-order valence-corrected chi connectivity index (χ0v) is 18.4. The molecule has 1 aliphatic heterocycles. The number of amides is 1. The summed E-state index contributed by atoms with van der Waals surface area (Å²) in [7, 11) is 1.64. The Labute approximate surface area is 186 Å². The third-order valence-corrected chi connectivity index (χ3v) is 6.57. The molecule has 1 saturated heterocycles. The molecule has 6 nitrogen and oxygen atoms in total. The van der Waals surface area contributed by atoms with E-state index in [4.69, 9.17) is 4.74 Å². The van der Waals surface area contributed by atoms with Crippen LogP contribution in [0.3, 0.4) is 0 Å². The molecule has 4 rings (SSSR count). The summed E-state index contributed by atoms with van der Waals surface area (Å²) in [5.41, 5.74) is 1.82. The van der Waals surface area contributed by atoms with E-state index in [1.807, 2.05) is 70.1 Å². The average molecular weight is 435 g/mol. The Morgan fingerprint density at radius 2 is 1.84 bits per heavy atom. The van der Waals surface area contributed by atoms with Crippen molar-refractivity contribution in [2.75, 3.05) is 20.2 Å². The van der Waals surface area contributed by atoms with E-state index in [0.29, 0.717) is 17.5 Å². The average Bonchev–Trinajstić information content (AvgIpc) is 3.49. The van der Waals surface area contributed by atoms with Crippen LogP contribution in [-0.2, 0) is 11.3 Å². The summed E-state index contributed by atoms with van der Waals surface area (Å²) in [6, 6.07) is 17.6. The van der Waals surface area contributed by atoms with Crippen LogP contribution < -0.4 is 4.74 Å². The number of carbonyl (C=O) groups excluding carboxylic acids is 1. The summed E-state index contributed by atoms with van der Waals surface area (Å²) in [6.07, 6.45) is 3.93. The quantitative estimate of drug-likeness (QED) is 0.383. The summed E-state index contributed by atoms with van der Waals surface area (Å²) in [5, 5.41) is 9.22. The van der Waals surface area contributed by atoms with Crippen LogP contribution in [0, 0.1) is 0 Å². The van der Waals surface area contributed by atoms with Gasteiger partial charge in [0, 0.05) is 19.6 Å². The van der Waals surface area contributed by atoms with Crippen LogP contribution >= 0.6 is 11.8 Å². The molecule has 0 unspecified atom stereocenters. The Bertz CT molecular complexity index is 1040. The molecule has 2 aromatic carbocycles. The Kier molecular flexibility index (Phi) is 6.72. The number of hydrogen-bond donors (Lipinski definition) is 0. The standard InChI is InChI=1S/C24H26N4O2S/c1-3-15-28-22(19-13-7-8-14-20(19)30-2)25-26-24(28)31-21(18-11-5-4-6-12-18)23(29)27-16-9-10-17-27/h3-8,11-14,21H,1,9-10,15-17H2,2H3/t21-/m0/s1. The first-order chi connectivity index (χ1) is 15.2. The van der Waals surface area contributed by atoms with Gasteiger partial charge < -0.3 is 9.64 Å². The second kappa shape index (κ2) is 9.83. The van der Waals surface area contributed by atoms with Crippen molar-refractivity contribution < 1.29 is 9.53 Å². The molecule has 1 atom stereocenters. The van der Waals surface area contributed by atoms with Crippen molar-refractivity contribution in [2.45, 2.75) is 29.8 Å². The summed E-state index contributed by atoms with van der Waals surface area (Å²) in [6.45, 7) is 6.06. The van der Waals surface area contributed by atoms with Crippen molar-refractivity contribution >= 4 is 17.7 Å². The fourth-order valence-electron chi connectivity index (χ4n) is 3.80. The van der Waals surface area contributed by atoms with Gasteiger partial charge in [-0.3, -0.25) is 9.36 Å². The van der Waals surface area contributed by atoms with Crippen LogP contribution in [0.1, 0.15) is 23.7 Å². The zero-order valence-electron chi connectivity index (χ0n) is 17.6. The topological polar surface area (TPSA) is 60.2 Å². The molecule has 0 saturated carbocycles. The van der Waals surface area contributed by atoms with Gasteiger partial charge >= 0.3 is 0 Å². The largest absolute Gasteiger partial charge is 0.496 e. The molecule has 7 heteroatoms. The van der Waals surface area contributed by atoms with Crippen molar-refractivity contribution in [2.24, 2.45) is 0 Å². The van der Waals surface area contributed by atoms with E-state index in [9.17, 15) is 4.79 Å². The number of thioether (sulfide) groups is 1. The first-order valence-corrected chi connectivity index (χ1v) is 11.3. The maximum absolute atomic E-state index is 13.4. The number of hydrogen-bond acceptors (Lipinski definition) is 5. The van der Waals surface area contributed by atoms with E-state index < -0.39 is 0 Å². The highest BCUT2D eigenvalue weighted by Gasteiger charge is 2.31. The van der Waals surface area contributed by atoms with Gasteiger partial charge in [-0.2, -0.15) is 0 Å². The van der Waals surface area contributed by atoms with Crippen LogP contribution in [-0.4, -0.2) is 45.8 Å². The van der Waals surface area contributed by atoms with Gasteiger partial charge in [0.25, 0.3) is 0 Å². The van der Waals surface area contributed by atoms with E-state index >= 15 is 0 Å². The van der Waals surface area contributed by atoms with Gasteiger partial charge in [0.2, 0.25) is 5.91 Å². The molecular formula is C24H26N4O2S. The maximum atomic E-state index is 13.4. The number of benzene rings is 2. The number of carbonyl (C=O) groups is 1. The first-order valence-electron chi connectivity index (χ1n) is 10.4. The van der Waals surface area contributed by atoms with Gasteiger partial charge in [0.15, 0.2) is 11.0 Å². The molecule has 160 valence electrons. The molecule has 2 heterocycles. The van der Waals surface area contributed by atoms with Crippen molar-refractivity contribution in [3.63, 3.8) is 0 Å². The van der Waals surface area contributed by atoms with Crippen molar-refractivity contribution in [3.05, 3.63) is 72.8 Å². The maximum Gasteiger partial charge on any atom is 0.240 e. The van der Waals surface area contributed by atoms with E-state index in [2.05, 4.69) is 16.8 Å². The summed E-state index contributed by atoms with van der Waals surface area (Å²) < 4.78 is 7.51. The van der Waals surface area contributed by atoms with E-state index in [1.165, 1.54) is 11.8 Å². The highest BCUT2D eigenvalue weighted by atomic mass is 32.2. The lowest BCUT2D eigenvalue weighted by Crippen LogP contribution is -2.31. The molecule has 0 bridgehead atoms. The van der Waals surface area contributed by atoms with E-state index in [0.717, 1.165) is 42.8 Å². The molecule has 1 aliphatic rings. The number of methoxy groups -OCH3 is 1. The van der Waals surface area contributed by atoms with Gasteiger partial charge in [0.05, 0.1) is 12.7 Å². The predicted octanol–water partition coefficient (Wildman–Crippen LogP) is 4.60. The Morgan fingerprint density at radius 1 is 1.13 bits per heavy atom. The number of ether oxygens (including phenoxy) is 1. The zero-order chi connectivity index (χ0) is 21.6. The Balaban J connectivity index is 1.72. The van der Waals surface area contributed by atoms with Gasteiger partial charge in [-0.15, -0.1) is 16.8 Å². The van der Waals surface area contributed by atoms with Crippen molar-refractivity contribution in [1.82, 2.24) is 19.7 Å². The SMILES string of the molecule is C=CCn1c(S[C@H](C(=O)N2CCCC2)c2ccccc2)nnc1-c1ccccc1OC. The molecule has 1 amide bonds.